The standard InChI is InChI=1S/C14H13N5OS2/c1-8-12(17-11-6-4-3-5-10(11)15-8)7-21-14-19-18-13(22-14)16-9(2)20/h3-6H,7H2,1-2H3,(H,16,18,20). The summed E-state index contributed by atoms with van der Waals surface area (Å²) in [6.07, 6.45) is 0. The second kappa shape index (κ2) is 6.37. The molecule has 3 rings (SSSR count). The molecular weight excluding hydrogens is 318 g/mol. The highest BCUT2D eigenvalue weighted by Gasteiger charge is 2.09. The lowest BCUT2D eigenvalue weighted by Gasteiger charge is -2.05. The Bertz CT molecular complexity index is 833. The summed E-state index contributed by atoms with van der Waals surface area (Å²) in [7, 11) is 0. The number of rotatable bonds is 4. The first kappa shape index (κ1) is 14.9. The molecule has 0 atom stereocenters. The minimum absolute atomic E-state index is 0.149. The molecule has 2 aromatic heterocycles. The van der Waals surface area contributed by atoms with E-state index < -0.39 is 0 Å². The number of anilines is 1. The van der Waals surface area contributed by atoms with Gasteiger partial charge in [0.25, 0.3) is 0 Å². The van der Waals surface area contributed by atoms with Crippen molar-refractivity contribution in [1.82, 2.24) is 20.2 Å². The van der Waals surface area contributed by atoms with Crippen LogP contribution < -0.4 is 5.32 Å². The van der Waals surface area contributed by atoms with E-state index in [-0.39, 0.29) is 5.91 Å². The first-order valence-corrected chi connectivity index (χ1v) is 8.38. The molecule has 0 aliphatic rings. The highest BCUT2D eigenvalue weighted by Crippen LogP contribution is 2.28. The molecule has 0 saturated carbocycles. The van der Waals surface area contributed by atoms with Crippen molar-refractivity contribution in [3.8, 4) is 0 Å². The van der Waals surface area contributed by atoms with Crippen LogP contribution in [0.2, 0.25) is 0 Å². The predicted molar refractivity (Wildman–Crippen MR) is 88.0 cm³/mol. The van der Waals surface area contributed by atoms with Crippen LogP contribution in [0.5, 0.6) is 0 Å². The van der Waals surface area contributed by atoms with Gasteiger partial charge in [0.2, 0.25) is 11.0 Å². The van der Waals surface area contributed by atoms with Gasteiger partial charge in [0.15, 0.2) is 4.34 Å². The Kier molecular flexibility index (Phi) is 4.30. The maximum atomic E-state index is 11.0. The van der Waals surface area contributed by atoms with E-state index in [1.165, 1.54) is 30.0 Å². The van der Waals surface area contributed by atoms with Crippen LogP contribution in [0.4, 0.5) is 5.13 Å². The molecule has 22 heavy (non-hydrogen) atoms. The predicted octanol–water partition coefficient (Wildman–Crippen LogP) is 3.04. The number of nitrogens with one attached hydrogen (secondary N) is 1. The molecule has 0 radical (unpaired) electrons. The zero-order valence-electron chi connectivity index (χ0n) is 12.0. The lowest BCUT2D eigenvalue weighted by molar-refractivity contribution is -0.114. The number of benzene rings is 1. The van der Waals surface area contributed by atoms with Gasteiger partial charge in [0.05, 0.1) is 22.4 Å². The molecule has 112 valence electrons. The number of fused-ring (bicyclic) bond motifs is 1. The lowest BCUT2D eigenvalue weighted by atomic mass is 10.2. The fourth-order valence-electron chi connectivity index (χ4n) is 1.86. The summed E-state index contributed by atoms with van der Waals surface area (Å²) in [5.41, 5.74) is 3.63. The Morgan fingerprint density at radius 2 is 1.95 bits per heavy atom. The van der Waals surface area contributed by atoms with Gasteiger partial charge in [-0.05, 0) is 19.1 Å². The van der Waals surface area contributed by atoms with Crippen molar-refractivity contribution in [2.45, 2.75) is 23.9 Å². The summed E-state index contributed by atoms with van der Waals surface area (Å²) in [6, 6.07) is 7.82. The van der Waals surface area contributed by atoms with E-state index in [0.29, 0.717) is 10.9 Å². The summed E-state index contributed by atoms with van der Waals surface area (Å²) >= 11 is 2.89. The van der Waals surface area contributed by atoms with Crippen molar-refractivity contribution in [2.24, 2.45) is 0 Å². The number of para-hydroxylation sites is 2. The molecule has 0 aliphatic carbocycles. The molecule has 8 heteroatoms. The molecule has 0 spiro atoms. The van der Waals surface area contributed by atoms with Crippen molar-refractivity contribution in [1.29, 1.82) is 0 Å². The first-order valence-electron chi connectivity index (χ1n) is 6.58. The van der Waals surface area contributed by atoms with E-state index in [1.807, 2.05) is 31.2 Å². The van der Waals surface area contributed by atoms with Crippen LogP contribution >= 0.6 is 23.1 Å². The molecule has 1 aromatic carbocycles. The largest absolute Gasteiger partial charge is 0.301 e. The van der Waals surface area contributed by atoms with Gasteiger partial charge in [0.1, 0.15) is 0 Å². The van der Waals surface area contributed by atoms with E-state index >= 15 is 0 Å². The minimum atomic E-state index is -0.149. The van der Waals surface area contributed by atoms with Gasteiger partial charge in [0, 0.05) is 12.7 Å². The summed E-state index contributed by atoms with van der Waals surface area (Å²) in [4.78, 5) is 20.2. The van der Waals surface area contributed by atoms with Crippen LogP contribution in [0.25, 0.3) is 11.0 Å². The van der Waals surface area contributed by atoms with Gasteiger partial charge in [-0.25, -0.2) is 9.97 Å². The third-order valence-corrected chi connectivity index (χ3v) is 4.85. The maximum Gasteiger partial charge on any atom is 0.223 e. The van der Waals surface area contributed by atoms with E-state index in [4.69, 9.17) is 0 Å². The Labute approximate surface area is 135 Å². The number of aromatic nitrogens is 4. The Hall–Kier alpha value is -2.06. The molecule has 2 heterocycles. The fraction of sp³-hybridized carbons (Fsp3) is 0.214. The number of nitrogens with zero attached hydrogens (tertiary/aromatic N) is 4. The summed E-state index contributed by atoms with van der Waals surface area (Å²) < 4.78 is 0.790. The van der Waals surface area contributed by atoms with Gasteiger partial charge in [-0.1, -0.05) is 35.2 Å². The average molecular weight is 331 g/mol. The van der Waals surface area contributed by atoms with E-state index in [0.717, 1.165) is 26.8 Å². The highest BCUT2D eigenvalue weighted by atomic mass is 32.2. The zero-order chi connectivity index (χ0) is 15.5. The number of thioether (sulfide) groups is 1. The molecule has 0 fully saturated rings. The van der Waals surface area contributed by atoms with Crippen LogP contribution in [0.15, 0.2) is 28.6 Å². The summed E-state index contributed by atoms with van der Waals surface area (Å²) in [5.74, 6) is 0.516. The monoisotopic (exact) mass is 331 g/mol. The molecule has 1 amide bonds. The van der Waals surface area contributed by atoms with E-state index in [9.17, 15) is 4.79 Å². The molecule has 0 saturated heterocycles. The van der Waals surface area contributed by atoms with Crippen LogP contribution in [-0.4, -0.2) is 26.1 Å². The summed E-state index contributed by atoms with van der Waals surface area (Å²) in [5, 5.41) is 11.1. The van der Waals surface area contributed by atoms with Gasteiger partial charge >= 0.3 is 0 Å². The number of amides is 1. The first-order chi connectivity index (χ1) is 10.6. The van der Waals surface area contributed by atoms with Crippen molar-refractivity contribution in [3.05, 3.63) is 35.7 Å². The van der Waals surface area contributed by atoms with E-state index in [2.05, 4.69) is 25.5 Å². The Morgan fingerprint density at radius 1 is 1.23 bits per heavy atom. The van der Waals surface area contributed by atoms with E-state index in [1.54, 1.807) is 0 Å². The second-order valence-corrected chi connectivity index (χ2v) is 6.79. The highest BCUT2D eigenvalue weighted by molar-refractivity contribution is 8.00. The van der Waals surface area contributed by atoms with Gasteiger partial charge in [-0.15, -0.1) is 10.2 Å². The molecule has 0 aliphatic heterocycles. The van der Waals surface area contributed by atoms with Gasteiger partial charge in [-0.3, -0.25) is 4.79 Å². The van der Waals surface area contributed by atoms with Crippen LogP contribution in [0, 0.1) is 6.92 Å². The van der Waals surface area contributed by atoms with Crippen LogP contribution in [0.1, 0.15) is 18.3 Å². The van der Waals surface area contributed by atoms with Crippen molar-refractivity contribution in [3.63, 3.8) is 0 Å². The maximum absolute atomic E-state index is 11.0. The van der Waals surface area contributed by atoms with Crippen LogP contribution in [-0.2, 0) is 10.5 Å². The van der Waals surface area contributed by atoms with Crippen molar-refractivity contribution >= 4 is 45.2 Å². The second-order valence-electron chi connectivity index (χ2n) is 4.59. The molecule has 1 N–H and O–H groups in total. The normalized spacial score (nSPS) is 10.8. The molecule has 6 nitrogen and oxygen atoms in total. The van der Waals surface area contributed by atoms with Crippen molar-refractivity contribution in [2.75, 3.05) is 5.32 Å². The van der Waals surface area contributed by atoms with Gasteiger partial charge < -0.3 is 5.32 Å². The third-order valence-electron chi connectivity index (χ3n) is 2.86. The SMILES string of the molecule is CC(=O)Nc1nnc(SCc2nc3ccccc3nc2C)s1. The summed E-state index contributed by atoms with van der Waals surface area (Å²) in [6.45, 7) is 3.40. The quantitative estimate of drug-likeness (QED) is 0.584. The molecular formula is C14H13N5OS2. The lowest BCUT2D eigenvalue weighted by Crippen LogP contribution is -2.04. The Balaban J connectivity index is 1.74. The topological polar surface area (TPSA) is 80.7 Å². The number of aryl methyl sites for hydroxylation is 1. The smallest absolute Gasteiger partial charge is 0.223 e. The Morgan fingerprint density at radius 3 is 2.68 bits per heavy atom. The number of hydrogen-bond acceptors (Lipinski definition) is 7. The number of hydrogen-bond donors (Lipinski definition) is 1. The zero-order valence-corrected chi connectivity index (χ0v) is 13.7. The molecule has 0 bridgehead atoms. The average Bonchev–Trinajstić information content (AvgIpc) is 2.91. The molecule has 0 unspecified atom stereocenters. The fourth-order valence-corrected chi connectivity index (χ4v) is 3.67. The van der Waals surface area contributed by atoms with Crippen molar-refractivity contribution < 1.29 is 4.79 Å². The molecule has 3 aromatic rings. The van der Waals surface area contributed by atoms with Gasteiger partial charge in [-0.2, -0.15) is 0 Å². The number of carbonyl (C=O) groups is 1. The van der Waals surface area contributed by atoms with Crippen LogP contribution in [0.3, 0.4) is 0 Å². The minimum Gasteiger partial charge on any atom is -0.301 e. The third kappa shape index (κ3) is 3.40. The number of carbonyl (C=O) groups excluding carboxylic acids is 1.